The number of rotatable bonds is 14. The van der Waals surface area contributed by atoms with Gasteiger partial charge in [0.25, 0.3) is 0 Å². The summed E-state index contributed by atoms with van der Waals surface area (Å²) in [6, 6.07) is 14.5. The molecule has 5 heteroatoms. The first-order valence-electron chi connectivity index (χ1n) is 10.0. The Morgan fingerprint density at radius 2 is 1.43 bits per heavy atom. The molecule has 0 saturated carbocycles. The van der Waals surface area contributed by atoms with E-state index < -0.39 is 0 Å². The Morgan fingerprint density at radius 1 is 0.750 bits per heavy atom. The molecule has 2 rings (SSSR count). The van der Waals surface area contributed by atoms with Crippen LogP contribution in [-0.4, -0.2) is 39.6 Å². The number of aryl methyl sites for hydroxylation is 1. The van der Waals surface area contributed by atoms with E-state index in [0.29, 0.717) is 39.6 Å². The first-order chi connectivity index (χ1) is 13.7. The summed E-state index contributed by atoms with van der Waals surface area (Å²) in [5.74, 6) is 1.61. The van der Waals surface area contributed by atoms with E-state index in [2.05, 4.69) is 36.5 Å². The SMILES string of the molecule is CCOCCOc1ccc(CNCc2ccc(C)cc2)c(OCCOCC)c1. The standard InChI is InChI=1S/C23H33NO4/c1-4-25-12-14-27-22-11-10-21(23(16-22)28-15-13-26-5-2)18-24-17-20-8-6-19(3)7-9-20/h6-11,16,24H,4-5,12-15,17-18H2,1-3H3. The molecule has 28 heavy (non-hydrogen) atoms. The monoisotopic (exact) mass is 387 g/mol. The Bertz CT molecular complexity index is 673. The molecule has 0 fully saturated rings. The fourth-order valence-corrected chi connectivity index (χ4v) is 2.67. The quantitative estimate of drug-likeness (QED) is 0.494. The van der Waals surface area contributed by atoms with Crippen LogP contribution in [0.1, 0.15) is 30.5 Å². The second-order valence-corrected chi connectivity index (χ2v) is 6.45. The molecule has 0 bridgehead atoms. The molecule has 0 aliphatic rings. The number of hydrogen-bond donors (Lipinski definition) is 1. The fraction of sp³-hybridized carbons (Fsp3) is 0.478. The molecule has 5 nitrogen and oxygen atoms in total. The second-order valence-electron chi connectivity index (χ2n) is 6.45. The van der Waals surface area contributed by atoms with Gasteiger partial charge in [-0.1, -0.05) is 35.9 Å². The van der Waals surface area contributed by atoms with Crippen LogP contribution in [0.15, 0.2) is 42.5 Å². The first kappa shape index (κ1) is 22.2. The van der Waals surface area contributed by atoms with E-state index in [0.717, 1.165) is 30.2 Å². The van der Waals surface area contributed by atoms with Crippen molar-refractivity contribution >= 4 is 0 Å². The summed E-state index contributed by atoms with van der Waals surface area (Å²) < 4.78 is 22.4. The van der Waals surface area contributed by atoms with Gasteiger partial charge < -0.3 is 24.3 Å². The van der Waals surface area contributed by atoms with Gasteiger partial charge in [-0.3, -0.25) is 0 Å². The molecule has 0 aromatic heterocycles. The van der Waals surface area contributed by atoms with Crippen molar-refractivity contribution in [3.05, 3.63) is 59.2 Å². The van der Waals surface area contributed by atoms with Crippen molar-refractivity contribution < 1.29 is 18.9 Å². The second kappa shape index (κ2) is 13.2. The van der Waals surface area contributed by atoms with Gasteiger partial charge in [-0.15, -0.1) is 0 Å². The molecule has 0 aliphatic heterocycles. The maximum atomic E-state index is 5.95. The van der Waals surface area contributed by atoms with Crippen LogP contribution in [0.25, 0.3) is 0 Å². The number of ether oxygens (including phenoxy) is 4. The van der Waals surface area contributed by atoms with E-state index in [1.54, 1.807) is 0 Å². The van der Waals surface area contributed by atoms with E-state index in [1.807, 2.05) is 32.0 Å². The topological polar surface area (TPSA) is 49.0 Å². The minimum Gasteiger partial charge on any atom is -0.491 e. The molecule has 0 aliphatic carbocycles. The average molecular weight is 388 g/mol. The lowest BCUT2D eigenvalue weighted by atomic mass is 10.1. The predicted octanol–water partition coefficient (Wildman–Crippen LogP) is 4.12. The van der Waals surface area contributed by atoms with Crippen LogP contribution in [0.4, 0.5) is 0 Å². The Labute approximate surface area is 169 Å². The maximum Gasteiger partial charge on any atom is 0.127 e. The molecule has 0 radical (unpaired) electrons. The van der Waals surface area contributed by atoms with Crippen LogP contribution < -0.4 is 14.8 Å². The van der Waals surface area contributed by atoms with E-state index in [-0.39, 0.29) is 0 Å². The largest absolute Gasteiger partial charge is 0.491 e. The summed E-state index contributed by atoms with van der Waals surface area (Å²) in [6.07, 6.45) is 0. The van der Waals surface area contributed by atoms with E-state index in [1.165, 1.54) is 11.1 Å². The van der Waals surface area contributed by atoms with Crippen LogP contribution in [0.3, 0.4) is 0 Å². The van der Waals surface area contributed by atoms with Gasteiger partial charge in [-0.2, -0.15) is 0 Å². The summed E-state index contributed by atoms with van der Waals surface area (Å²) >= 11 is 0. The lowest BCUT2D eigenvalue weighted by molar-refractivity contribution is 0.107. The molecule has 0 amide bonds. The van der Waals surface area contributed by atoms with Crippen molar-refractivity contribution in [2.24, 2.45) is 0 Å². The molecule has 0 atom stereocenters. The third-order valence-electron chi connectivity index (χ3n) is 4.19. The molecule has 2 aromatic rings. The lowest BCUT2D eigenvalue weighted by Crippen LogP contribution is -2.15. The van der Waals surface area contributed by atoms with E-state index in [4.69, 9.17) is 18.9 Å². The van der Waals surface area contributed by atoms with Crippen molar-refractivity contribution in [2.75, 3.05) is 39.6 Å². The van der Waals surface area contributed by atoms with Crippen molar-refractivity contribution in [1.82, 2.24) is 5.32 Å². The highest BCUT2D eigenvalue weighted by atomic mass is 16.5. The van der Waals surface area contributed by atoms with E-state index in [9.17, 15) is 0 Å². The van der Waals surface area contributed by atoms with Gasteiger partial charge in [-0.05, 0) is 32.4 Å². The zero-order chi connectivity index (χ0) is 20.0. The summed E-state index contributed by atoms with van der Waals surface area (Å²) in [5, 5.41) is 3.49. The lowest BCUT2D eigenvalue weighted by Gasteiger charge is -2.15. The Hall–Kier alpha value is -2.08. The maximum absolute atomic E-state index is 5.95. The molecular formula is C23H33NO4. The van der Waals surface area contributed by atoms with Crippen molar-refractivity contribution in [2.45, 2.75) is 33.9 Å². The summed E-state index contributed by atoms with van der Waals surface area (Å²) in [7, 11) is 0. The van der Waals surface area contributed by atoms with Crippen LogP contribution in [0, 0.1) is 6.92 Å². The molecule has 0 spiro atoms. The highest BCUT2D eigenvalue weighted by Crippen LogP contribution is 2.25. The Morgan fingerprint density at radius 3 is 2.11 bits per heavy atom. The third kappa shape index (κ3) is 8.30. The summed E-state index contributed by atoms with van der Waals surface area (Å²) in [5.41, 5.74) is 3.63. The van der Waals surface area contributed by atoms with Crippen LogP contribution in [0.5, 0.6) is 11.5 Å². The number of nitrogens with one attached hydrogen (secondary N) is 1. The van der Waals surface area contributed by atoms with Gasteiger partial charge in [0.2, 0.25) is 0 Å². The molecule has 0 saturated heterocycles. The van der Waals surface area contributed by atoms with Crippen molar-refractivity contribution in [3.8, 4) is 11.5 Å². The molecule has 154 valence electrons. The first-order valence-corrected chi connectivity index (χ1v) is 10.0. The Kier molecular flexibility index (Phi) is 10.4. The summed E-state index contributed by atoms with van der Waals surface area (Å²) in [6.45, 7) is 11.2. The third-order valence-corrected chi connectivity index (χ3v) is 4.19. The molecule has 0 unspecified atom stereocenters. The Balaban J connectivity index is 1.93. The smallest absolute Gasteiger partial charge is 0.127 e. The molecule has 2 aromatic carbocycles. The number of hydrogen-bond acceptors (Lipinski definition) is 5. The van der Waals surface area contributed by atoms with Gasteiger partial charge in [0, 0.05) is 37.9 Å². The zero-order valence-corrected chi connectivity index (χ0v) is 17.3. The minimum atomic E-state index is 0.515. The van der Waals surface area contributed by atoms with Gasteiger partial charge >= 0.3 is 0 Å². The fourth-order valence-electron chi connectivity index (χ4n) is 2.67. The van der Waals surface area contributed by atoms with Crippen LogP contribution in [0.2, 0.25) is 0 Å². The highest BCUT2D eigenvalue weighted by Gasteiger charge is 2.07. The summed E-state index contributed by atoms with van der Waals surface area (Å²) in [4.78, 5) is 0. The predicted molar refractivity (Wildman–Crippen MR) is 112 cm³/mol. The van der Waals surface area contributed by atoms with Gasteiger partial charge in [0.15, 0.2) is 0 Å². The van der Waals surface area contributed by atoms with Gasteiger partial charge in [-0.25, -0.2) is 0 Å². The van der Waals surface area contributed by atoms with Crippen molar-refractivity contribution in [1.29, 1.82) is 0 Å². The number of benzene rings is 2. The highest BCUT2D eigenvalue weighted by molar-refractivity contribution is 5.41. The molecular weight excluding hydrogens is 354 g/mol. The molecule has 1 N–H and O–H groups in total. The zero-order valence-electron chi connectivity index (χ0n) is 17.3. The van der Waals surface area contributed by atoms with Gasteiger partial charge in [0.05, 0.1) is 13.2 Å². The molecule has 0 heterocycles. The van der Waals surface area contributed by atoms with Crippen molar-refractivity contribution in [3.63, 3.8) is 0 Å². The van der Waals surface area contributed by atoms with Gasteiger partial charge in [0.1, 0.15) is 24.7 Å². The minimum absolute atomic E-state index is 0.515. The van der Waals surface area contributed by atoms with Crippen LogP contribution >= 0.6 is 0 Å². The van der Waals surface area contributed by atoms with E-state index >= 15 is 0 Å². The average Bonchev–Trinajstić information content (AvgIpc) is 2.71. The van der Waals surface area contributed by atoms with Crippen LogP contribution in [-0.2, 0) is 22.6 Å². The normalized spacial score (nSPS) is 10.8.